The number of aromatic amines is 1. The monoisotopic (exact) mass is 324 g/mol. The first-order chi connectivity index (χ1) is 11.6. The lowest BCUT2D eigenvalue weighted by Crippen LogP contribution is -2.24. The zero-order valence-corrected chi connectivity index (χ0v) is 13.1. The summed E-state index contributed by atoms with van der Waals surface area (Å²) in [5.41, 5.74) is 1.27. The molecule has 1 aliphatic carbocycles. The average Bonchev–Trinajstić information content (AvgIpc) is 2.85. The van der Waals surface area contributed by atoms with E-state index < -0.39 is 11.5 Å². The van der Waals surface area contributed by atoms with E-state index in [-0.39, 0.29) is 5.56 Å². The Balaban J connectivity index is 1.57. The first-order valence-corrected chi connectivity index (χ1v) is 7.83. The number of rotatable bonds is 3. The van der Waals surface area contributed by atoms with Crippen molar-refractivity contribution in [2.24, 2.45) is 0 Å². The van der Waals surface area contributed by atoms with Crippen LogP contribution in [0.2, 0.25) is 0 Å². The number of aryl methyl sites for hydroxylation is 1. The van der Waals surface area contributed by atoms with Crippen LogP contribution in [0.3, 0.4) is 0 Å². The van der Waals surface area contributed by atoms with Crippen LogP contribution >= 0.6 is 0 Å². The van der Waals surface area contributed by atoms with Crippen molar-refractivity contribution >= 4 is 17.2 Å². The molecule has 0 spiro atoms. The minimum atomic E-state index is -0.522. The van der Waals surface area contributed by atoms with Crippen LogP contribution in [0, 0.1) is 6.92 Å². The lowest BCUT2D eigenvalue weighted by atomic mass is 9.85. The van der Waals surface area contributed by atoms with Gasteiger partial charge in [0.15, 0.2) is 0 Å². The summed E-state index contributed by atoms with van der Waals surface area (Å²) in [5, 5.41) is 6.84. The molecule has 8 heteroatoms. The van der Waals surface area contributed by atoms with Gasteiger partial charge in [0, 0.05) is 18.2 Å². The van der Waals surface area contributed by atoms with Gasteiger partial charge in [-0.1, -0.05) is 6.42 Å². The predicted octanol–water partition coefficient (Wildman–Crippen LogP) is 1.64. The zero-order chi connectivity index (χ0) is 16.7. The van der Waals surface area contributed by atoms with Crippen LogP contribution in [0.25, 0.3) is 5.65 Å². The Morgan fingerprint density at radius 2 is 2.08 bits per heavy atom. The molecular weight excluding hydrogens is 308 g/mol. The third-order valence-corrected chi connectivity index (χ3v) is 4.24. The lowest BCUT2D eigenvalue weighted by Gasteiger charge is -2.23. The minimum Gasteiger partial charge on any atom is -0.319 e. The highest BCUT2D eigenvalue weighted by atomic mass is 16.2. The highest BCUT2D eigenvalue weighted by molar-refractivity contribution is 6.03. The molecule has 122 valence electrons. The molecule has 1 aliphatic rings. The number of nitrogens with one attached hydrogen (secondary N) is 2. The second-order valence-electron chi connectivity index (χ2n) is 6.02. The summed E-state index contributed by atoms with van der Waals surface area (Å²) in [6.07, 6.45) is 8.01. The van der Waals surface area contributed by atoms with Crippen molar-refractivity contribution in [3.05, 3.63) is 52.1 Å². The minimum absolute atomic E-state index is 0.0198. The second-order valence-corrected chi connectivity index (χ2v) is 6.02. The molecule has 0 radical (unpaired) electrons. The fraction of sp³-hybridized carbons (Fsp3) is 0.312. The van der Waals surface area contributed by atoms with Gasteiger partial charge in [-0.05, 0) is 19.8 Å². The van der Waals surface area contributed by atoms with Crippen LogP contribution in [0.4, 0.5) is 5.69 Å². The van der Waals surface area contributed by atoms with E-state index in [1.54, 1.807) is 18.5 Å². The topological polar surface area (TPSA) is 105 Å². The maximum absolute atomic E-state index is 12.3. The van der Waals surface area contributed by atoms with E-state index in [9.17, 15) is 9.59 Å². The van der Waals surface area contributed by atoms with Crippen molar-refractivity contribution in [3.63, 3.8) is 0 Å². The van der Waals surface area contributed by atoms with Crippen LogP contribution in [0.5, 0.6) is 0 Å². The Hall–Kier alpha value is -3.03. The van der Waals surface area contributed by atoms with E-state index in [1.165, 1.54) is 17.1 Å². The van der Waals surface area contributed by atoms with E-state index in [0.717, 1.165) is 24.4 Å². The molecule has 1 fully saturated rings. The molecular formula is C16H16N6O2. The number of hydrogen-bond acceptors (Lipinski definition) is 5. The predicted molar refractivity (Wildman–Crippen MR) is 87.1 cm³/mol. The van der Waals surface area contributed by atoms with Crippen LogP contribution in [0.15, 0.2) is 29.5 Å². The number of H-pyrrole nitrogens is 1. The summed E-state index contributed by atoms with van der Waals surface area (Å²) in [5.74, 6) is 0.722. The maximum atomic E-state index is 12.3. The van der Waals surface area contributed by atoms with Gasteiger partial charge >= 0.3 is 0 Å². The van der Waals surface area contributed by atoms with Gasteiger partial charge in [0.25, 0.3) is 11.5 Å². The molecule has 3 aromatic heterocycles. The van der Waals surface area contributed by atoms with Crippen molar-refractivity contribution in [1.29, 1.82) is 0 Å². The van der Waals surface area contributed by atoms with Gasteiger partial charge in [0.2, 0.25) is 0 Å². The molecule has 1 amide bonds. The van der Waals surface area contributed by atoms with Crippen LogP contribution in [-0.4, -0.2) is 30.5 Å². The molecule has 4 rings (SSSR count). The molecule has 0 aliphatic heterocycles. The van der Waals surface area contributed by atoms with E-state index in [1.807, 2.05) is 6.92 Å². The SMILES string of the molecule is Cc1cc2[nH]c(=O)c(C(=O)Nc3cnc(C4CCC4)nc3)cn2n1. The third-order valence-electron chi connectivity index (χ3n) is 4.24. The van der Waals surface area contributed by atoms with Crippen molar-refractivity contribution in [3.8, 4) is 0 Å². The molecule has 8 nitrogen and oxygen atoms in total. The summed E-state index contributed by atoms with van der Waals surface area (Å²) < 4.78 is 1.47. The summed E-state index contributed by atoms with van der Waals surface area (Å²) >= 11 is 0. The van der Waals surface area contributed by atoms with Crippen LogP contribution in [0.1, 0.15) is 47.1 Å². The summed E-state index contributed by atoms with van der Waals surface area (Å²) in [4.78, 5) is 35.6. The number of anilines is 1. The Morgan fingerprint density at radius 3 is 2.75 bits per heavy atom. The largest absolute Gasteiger partial charge is 0.319 e. The van der Waals surface area contributed by atoms with Gasteiger partial charge in [0.05, 0.1) is 23.8 Å². The van der Waals surface area contributed by atoms with E-state index >= 15 is 0 Å². The third kappa shape index (κ3) is 2.55. The lowest BCUT2D eigenvalue weighted by molar-refractivity contribution is 0.102. The Labute approximate surface area is 137 Å². The Kier molecular flexibility index (Phi) is 3.37. The summed E-state index contributed by atoms with van der Waals surface area (Å²) in [6.45, 7) is 1.81. The van der Waals surface area contributed by atoms with Gasteiger partial charge in [-0.25, -0.2) is 14.5 Å². The maximum Gasteiger partial charge on any atom is 0.264 e. The smallest absolute Gasteiger partial charge is 0.264 e. The number of amides is 1. The van der Waals surface area contributed by atoms with Gasteiger partial charge in [-0.3, -0.25) is 9.59 Å². The Bertz CT molecular complexity index is 968. The standard InChI is InChI=1S/C16H16N6O2/c1-9-5-13-20-16(24)12(8-22(13)21-9)15(23)19-11-6-17-14(18-7-11)10-3-2-4-10/h5-8,10H,2-4H2,1H3,(H,19,23)(H,20,24). The molecule has 3 heterocycles. The van der Waals surface area contributed by atoms with Crippen molar-refractivity contribution in [1.82, 2.24) is 24.6 Å². The fourth-order valence-corrected chi connectivity index (χ4v) is 2.71. The van der Waals surface area contributed by atoms with Gasteiger partial charge < -0.3 is 10.3 Å². The molecule has 24 heavy (non-hydrogen) atoms. The molecule has 1 saturated carbocycles. The highest BCUT2D eigenvalue weighted by Gasteiger charge is 2.22. The molecule has 0 aromatic carbocycles. The zero-order valence-electron chi connectivity index (χ0n) is 13.1. The van der Waals surface area contributed by atoms with E-state index in [0.29, 0.717) is 17.3 Å². The Morgan fingerprint density at radius 1 is 1.33 bits per heavy atom. The van der Waals surface area contributed by atoms with Gasteiger partial charge in [-0.2, -0.15) is 5.10 Å². The van der Waals surface area contributed by atoms with Crippen LogP contribution < -0.4 is 10.9 Å². The molecule has 0 saturated heterocycles. The average molecular weight is 324 g/mol. The number of carbonyl (C=O) groups is 1. The van der Waals surface area contributed by atoms with Crippen LogP contribution in [-0.2, 0) is 0 Å². The summed E-state index contributed by atoms with van der Waals surface area (Å²) in [6, 6.07) is 1.73. The quantitative estimate of drug-likeness (QED) is 0.762. The second kappa shape index (κ2) is 5.55. The fourth-order valence-electron chi connectivity index (χ4n) is 2.71. The normalized spacial score (nSPS) is 14.5. The summed E-state index contributed by atoms with van der Waals surface area (Å²) in [7, 11) is 0. The molecule has 0 bridgehead atoms. The number of fused-ring (bicyclic) bond motifs is 1. The number of nitrogens with zero attached hydrogens (tertiary/aromatic N) is 4. The van der Waals surface area contributed by atoms with E-state index in [4.69, 9.17) is 0 Å². The van der Waals surface area contributed by atoms with Crippen molar-refractivity contribution in [2.75, 3.05) is 5.32 Å². The van der Waals surface area contributed by atoms with Crippen molar-refractivity contribution in [2.45, 2.75) is 32.1 Å². The first kappa shape index (κ1) is 14.6. The molecule has 0 unspecified atom stereocenters. The number of aromatic nitrogens is 5. The first-order valence-electron chi connectivity index (χ1n) is 7.83. The van der Waals surface area contributed by atoms with E-state index in [2.05, 4.69) is 25.4 Å². The highest BCUT2D eigenvalue weighted by Crippen LogP contribution is 2.34. The van der Waals surface area contributed by atoms with Gasteiger partial charge in [0.1, 0.15) is 17.0 Å². The van der Waals surface area contributed by atoms with Crippen molar-refractivity contribution < 1.29 is 4.79 Å². The molecule has 3 aromatic rings. The molecule has 2 N–H and O–H groups in total. The molecule has 0 atom stereocenters. The van der Waals surface area contributed by atoms with Gasteiger partial charge in [-0.15, -0.1) is 0 Å². The number of hydrogen-bond donors (Lipinski definition) is 2. The number of carbonyl (C=O) groups excluding carboxylic acids is 1.